The molecule has 0 aliphatic rings. The van der Waals surface area contributed by atoms with E-state index in [0.717, 1.165) is 0 Å². The maximum Gasteiger partial charge on any atom is 0.238 e. The van der Waals surface area contributed by atoms with Crippen molar-refractivity contribution in [2.45, 2.75) is 31.4 Å². The van der Waals surface area contributed by atoms with E-state index in [2.05, 4.69) is 0 Å². The van der Waals surface area contributed by atoms with Crippen LogP contribution in [0.3, 0.4) is 0 Å². The Morgan fingerprint density at radius 2 is 1.82 bits per heavy atom. The lowest BCUT2D eigenvalue weighted by Gasteiger charge is -2.05. The second-order valence-electron chi connectivity index (χ2n) is 2.25. The van der Waals surface area contributed by atoms with Gasteiger partial charge in [-0.25, -0.2) is 17.2 Å². The molecule has 0 saturated carbocycles. The van der Waals surface area contributed by atoms with Gasteiger partial charge < -0.3 is 0 Å². The van der Waals surface area contributed by atoms with Crippen molar-refractivity contribution in [3.63, 3.8) is 0 Å². The van der Waals surface area contributed by atoms with Gasteiger partial charge in [-0.05, 0) is 13.3 Å². The van der Waals surface area contributed by atoms with E-state index >= 15 is 0 Å². The highest BCUT2D eigenvalue weighted by atomic mass is 35.7. The maximum absolute atomic E-state index is 11.5. The van der Waals surface area contributed by atoms with Crippen molar-refractivity contribution < 1.29 is 17.2 Å². The van der Waals surface area contributed by atoms with Crippen molar-refractivity contribution in [2.24, 2.45) is 0 Å². The van der Waals surface area contributed by atoms with E-state index in [4.69, 9.17) is 10.7 Å². The number of halogens is 3. The summed E-state index contributed by atoms with van der Waals surface area (Å²) in [6.45, 7) is 1.31. The molecule has 0 radical (unpaired) electrons. The van der Waals surface area contributed by atoms with Crippen molar-refractivity contribution in [1.82, 2.24) is 0 Å². The molecule has 0 spiro atoms. The predicted molar refractivity (Wildman–Crippen MR) is 39.5 cm³/mol. The molecule has 0 rings (SSSR count). The van der Waals surface area contributed by atoms with Crippen LogP contribution in [-0.4, -0.2) is 20.1 Å². The molecule has 0 aromatic carbocycles. The lowest BCUT2D eigenvalue weighted by Crippen LogP contribution is -2.12. The molecular formula is C5H9ClF2O2S. The monoisotopic (exact) mass is 206 g/mol. The quantitative estimate of drug-likeness (QED) is 0.660. The van der Waals surface area contributed by atoms with Crippen LogP contribution in [0.1, 0.15) is 19.8 Å². The van der Waals surface area contributed by atoms with Crippen molar-refractivity contribution in [1.29, 1.82) is 0 Å². The predicted octanol–water partition coefficient (Wildman–Crippen LogP) is 1.99. The van der Waals surface area contributed by atoms with Crippen LogP contribution in [0, 0.1) is 0 Å². The molecule has 0 unspecified atom stereocenters. The largest absolute Gasteiger partial charge is 0.238 e. The minimum atomic E-state index is -3.66. The Labute approximate surface area is 69.0 Å². The first-order valence-electron chi connectivity index (χ1n) is 3.05. The standard InChI is InChI=1S/C5H9ClF2O2S/c1-4(11(6,9)10)2-3-5(7)8/h4-5H,2-3H2,1H3/t4-/m0/s1. The SMILES string of the molecule is C[C@@H](CCC(F)F)S(=O)(=O)Cl. The normalized spacial score (nSPS) is 15.4. The third-order valence-corrected chi connectivity index (χ3v) is 3.38. The molecule has 0 saturated heterocycles. The molecule has 2 nitrogen and oxygen atoms in total. The fourth-order valence-electron chi connectivity index (χ4n) is 0.501. The van der Waals surface area contributed by atoms with Crippen LogP contribution >= 0.6 is 10.7 Å². The Bertz CT molecular complexity index is 203. The van der Waals surface area contributed by atoms with Crippen LogP contribution in [0.2, 0.25) is 0 Å². The van der Waals surface area contributed by atoms with E-state index < -0.39 is 27.1 Å². The Kier molecular flexibility index (Phi) is 4.25. The van der Waals surface area contributed by atoms with Gasteiger partial charge in [-0.15, -0.1) is 0 Å². The van der Waals surface area contributed by atoms with E-state index in [0.29, 0.717) is 0 Å². The summed E-state index contributed by atoms with van der Waals surface area (Å²) in [6, 6.07) is 0. The third-order valence-electron chi connectivity index (χ3n) is 1.27. The van der Waals surface area contributed by atoms with Crippen molar-refractivity contribution in [2.75, 3.05) is 0 Å². The molecule has 0 amide bonds. The van der Waals surface area contributed by atoms with Crippen LogP contribution in [0.25, 0.3) is 0 Å². The highest BCUT2D eigenvalue weighted by Crippen LogP contribution is 2.15. The molecule has 0 bridgehead atoms. The van der Waals surface area contributed by atoms with Crippen LogP contribution in [0.4, 0.5) is 8.78 Å². The summed E-state index contributed by atoms with van der Waals surface area (Å²) in [4.78, 5) is 0. The summed E-state index contributed by atoms with van der Waals surface area (Å²) in [7, 11) is 1.23. The zero-order valence-corrected chi connectivity index (χ0v) is 7.50. The van der Waals surface area contributed by atoms with Gasteiger partial charge in [0.15, 0.2) is 0 Å². The number of hydrogen-bond donors (Lipinski definition) is 0. The minimum absolute atomic E-state index is 0.0938. The van der Waals surface area contributed by atoms with Gasteiger partial charge in [0, 0.05) is 17.1 Å². The molecule has 68 valence electrons. The zero-order chi connectivity index (χ0) is 9.07. The summed E-state index contributed by atoms with van der Waals surface area (Å²) in [6.07, 6.45) is -2.98. The average Bonchev–Trinajstić information content (AvgIpc) is 1.80. The fourth-order valence-corrected chi connectivity index (χ4v) is 1.19. The van der Waals surface area contributed by atoms with Gasteiger partial charge in [0.05, 0.1) is 5.25 Å². The molecule has 0 N–H and O–H groups in total. The molecule has 0 fully saturated rings. The molecule has 0 heterocycles. The number of hydrogen-bond acceptors (Lipinski definition) is 2. The van der Waals surface area contributed by atoms with Gasteiger partial charge in [0.2, 0.25) is 15.5 Å². The van der Waals surface area contributed by atoms with Gasteiger partial charge in [0.25, 0.3) is 0 Å². The molecular weight excluding hydrogens is 198 g/mol. The van der Waals surface area contributed by atoms with Crippen molar-refractivity contribution in [3.8, 4) is 0 Å². The second kappa shape index (κ2) is 4.21. The van der Waals surface area contributed by atoms with Crippen molar-refractivity contribution >= 4 is 19.7 Å². The van der Waals surface area contributed by atoms with Gasteiger partial charge in [0.1, 0.15) is 0 Å². The van der Waals surface area contributed by atoms with Crippen LogP contribution in [0.15, 0.2) is 0 Å². The number of alkyl halides is 2. The average molecular weight is 207 g/mol. The first-order chi connectivity index (χ1) is 4.84. The van der Waals surface area contributed by atoms with E-state index in [1.165, 1.54) is 6.92 Å². The molecule has 0 aliphatic carbocycles. The van der Waals surface area contributed by atoms with Gasteiger partial charge >= 0.3 is 0 Å². The zero-order valence-electron chi connectivity index (χ0n) is 5.93. The van der Waals surface area contributed by atoms with Crippen LogP contribution in [-0.2, 0) is 9.05 Å². The number of rotatable bonds is 4. The topological polar surface area (TPSA) is 34.1 Å². The third kappa shape index (κ3) is 5.38. The Morgan fingerprint density at radius 1 is 1.36 bits per heavy atom. The Balaban J connectivity index is 3.81. The van der Waals surface area contributed by atoms with E-state index in [1.54, 1.807) is 0 Å². The maximum atomic E-state index is 11.5. The molecule has 1 atom stereocenters. The van der Waals surface area contributed by atoms with E-state index in [-0.39, 0.29) is 6.42 Å². The highest BCUT2D eigenvalue weighted by molar-refractivity contribution is 8.14. The summed E-state index contributed by atoms with van der Waals surface area (Å²) in [5.41, 5.74) is 0. The van der Waals surface area contributed by atoms with Gasteiger partial charge in [-0.1, -0.05) is 0 Å². The highest BCUT2D eigenvalue weighted by Gasteiger charge is 2.18. The molecule has 0 aromatic heterocycles. The van der Waals surface area contributed by atoms with E-state index in [9.17, 15) is 17.2 Å². The molecule has 11 heavy (non-hydrogen) atoms. The van der Waals surface area contributed by atoms with Gasteiger partial charge in [-0.3, -0.25) is 0 Å². The van der Waals surface area contributed by atoms with Crippen LogP contribution < -0.4 is 0 Å². The minimum Gasteiger partial charge on any atom is -0.212 e. The fraction of sp³-hybridized carbons (Fsp3) is 1.00. The molecule has 6 heteroatoms. The van der Waals surface area contributed by atoms with Gasteiger partial charge in [-0.2, -0.15) is 0 Å². The summed E-state index contributed by atoms with van der Waals surface area (Å²) in [5, 5.41) is -0.891. The lowest BCUT2D eigenvalue weighted by atomic mass is 10.2. The summed E-state index contributed by atoms with van der Waals surface area (Å²) in [5.74, 6) is 0. The lowest BCUT2D eigenvalue weighted by molar-refractivity contribution is 0.135. The summed E-state index contributed by atoms with van der Waals surface area (Å²) >= 11 is 0. The first-order valence-corrected chi connectivity index (χ1v) is 5.43. The summed E-state index contributed by atoms with van der Waals surface area (Å²) < 4.78 is 44.0. The first kappa shape index (κ1) is 11.1. The van der Waals surface area contributed by atoms with Crippen LogP contribution in [0.5, 0.6) is 0 Å². The molecule has 0 aromatic rings. The van der Waals surface area contributed by atoms with Crippen molar-refractivity contribution in [3.05, 3.63) is 0 Å². The molecule has 0 aliphatic heterocycles. The second-order valence-corrected chi connectivity index (χ2v) is 5.30. The Hall–Kier alpha value is 0.1000. The Morgan fingerprint density at radius 3 is 2.09 bits per heavy atom. The smallest absolute Gasteiger partial charge is 0.212 e. The van der Waals surface area contributed by atoms with E-state index in [1.807, 2.05) is 0 Å².